The molecule has 0 saturated carbocycles. The first-order chi connectivity index (χ1) is 9.12. The van der Waals surface area contributed by atoms with E-state index in [1.165, 1.54) is 17.5 Å². The zero-order chi connectivity index (χ0) is 14.3. The third kappa shape index (κ3) is 4.83. The first-order valence-corrected chi connectivity index (χ1v) is 7.53. The van der Waals surface area contributed by atoms with Crippen molar-refractivity contribution in [3.8, 4) is 0 Å². The zero-order valence-corrected chi connectivity index (χ0v) is 13.2. The molecule has 0 aliphatic carbocycles. The maximum atomic E-state index is 4.68. The van der Waals surface area contributed by atoms with Gasteiger partial charge in [0, 0.05) is 25.8 Å². The van der Waals surface area contributed by atoms with Gasteiger partial charge < -0.3 is 10.2 Å². The maximum Gasteiger partial charge on any atom is 0.131 e. The average molecular weight is 263 g/mol. The number of pyridine rings is 1. The van der Waals surface area contributed by atoms with Crippen LogP contribution in [0.3, 0.4) is 0 Å². The lowest BCUT2D eigenvalue weighted by Gasteiger charge is -2.26. The van der Waals surface area contributed by atoms with Gasteiger partial charge in [-0.2, -0.15) is 0 Å². The van der Waals surface area contributed by atoms with E-state index < -0.39 is 0 Å². The van der Waals surface area contributed by atoms with Crippen molar-refractivity contribution in [2.24, 2.45) is 5.92 Å². The Morgan fingerprint density at radius 2 is 2.05 bits per heavy atom. The molecular weight excluding hydrogens is 234 g/mol. The van der Waals surface area contributed by atoms with E-state index in [2.05, 4.69) is 55.9 Å². The second-order valence-corrected chi connectivity index (χ2v) is 5.32. The summed E-state index contributed by atoms with van der Waals surface area (Å²) in [5, 5.41) is 3.34. The molecule has 0 saturated heterocycles. The van der Waals surface area contributed by atoms with E-state index in [0.717, 1.165) is 32.0 Å². The highest BCUT2D eigenvalue weighted by Crippen LogP contribution is 2.19. The summed E-state index contributed by atoms with van der Waals surface area (Å²) in [5.41, 5.74) is 2.54. The standard InChI is InChI=1S/C16H29N3/c1-6-13(4)12-19(8-3)16-14(5)9-15(11-18-16)10-17-7-2/h9,11,13,17H,6-8,10,12H2,1-5H3. The molecular formula is C16H29N3. The normalized spacial score (nSPS) is 12.5. The predicted molar refractivity (Wildman–Crippen MR) is 83.7 cm³/mol. The summed E-state index contributed by atoms with van der Waals surface area (Å²) in [7, 11) is 0. The quantitative estimate of drug-likeness (QED) is 0.779. The number of hydrogen-bond donors (Lipinski definition) is 1. The van der Waals surface area contributed by atoms with Gasteiger partial charge in [-0.1, -0.05) is 27.2 Å². The Morgan fingerprint density at radius 3 is 2.58 bits per heavy atom. The molecule has 0 spiro atoms. The highest BCUT2D eigenvalue weighted by Gasteiger charge is 2.12. The van der Waals surface area contributed by atoms with Gasteiger partial charge in [0.05, 0.1) is 0 Å². The highest BCUT2D eigenvalue weighted by molar-refractivity contribution is 5.47. The Morgan fingerprint density at radius 1 is 1.32 bits per heavy atom. The Bertz CT molecular complexity index is 376. The Kier molecular flexibility index (Phi) is 6.85. The maximum absolute atomic E-state index is 4.68. The lowest BCUT2D eigenvalue weighted by Crippen LogP contribution is -2.29. The van der Waals surface area contributed by atoms with Gasteiger partial charge in [0.25, 0.3) is 0 Å². The molecule has 19 heavy (non-hydrogen) atoms. The summed E-state index contributed by atoms with van der Waals surface area (Å²) >= 11 is 0. The van der Waals surface area contributed by atoms with E-state index in [4.69, 9.17) is 0 Å². The summed E-state index contributed by atoms with van der Waals surface area (Å²) in [6, 6.07) is 2.25. The van der Waals surface area contributed by atoms with Crippen LogP contribution >= 0.6 is 0 Å². The molecule has 3 nitrogen and oxygen atoms in total. The minimum Gasteiger partial charge on any atom is -0.356 e. The number of hydrogen-bond acceptors (Lipinski definition) is 3. The molecule has 1 heterocycles. The first kappa shape index (κ1) is 16.0. The van der Waals surface area contributed by atoms with E-state index >= 15 is 0 Å². The van der Waals surface area contributed by atoms with Crippen LogP contribution in [0, 0.1) is 12.8 Å². The van der Waals surface area contributed by atoms with Crippen LogP contribution < -0.4 is 10.2 Å². The minimum atomic E-state index is 0.711. The van der Waals surface area contributed by atoms with E-state index in [9.17, 15) is 0 Å². The number of anilines is 1. The molecule has 0 bridgehead atoms. The largest absolute Gasteiger partial charge is 0.356 e. The molecule has 0 aliphatic heterocycles. The molecule has 1 atom stereocenters. The molecule has 0 amide bonds. The zero-order valence-electron chi connectivity index (χ0n) is 13.2. The molecule has 0 aromatic carbocycles. The van der Waals surface area contributed by atoms with Crippen molar-refractivity contribution in [3.05, 3.63) is 23.4 Å². The van der Waals surface area contributed by atoms with E-state index in [-0.39, 0.29) is 0 Å². The third-order valence-electron chi connectivity index (χ3n) is 3.60. The smallest absolute Gasteiger partial charge is 0.131 e. The van der Waals surface area contributed by atoms with E-state index in [1.807, 2.05) is 6.20 Å². The molecule has 1 N–H and O–H groups in total. The number of aromatic nitrogens is 1. The van der Waals surface area contributed by atoms with E-state index in [0.29, 0.717) is 5.92 Å². The topological polar surface area (TPSA) is 28.2 Å². The molecule has 0 radical (unpaired) electrons. The molecule has 1 aromatic rings. The van der Waals surface area contributed by atoms with Crippen LogP contribution in [0.4, 0.5) is 5.82 Å². The van der Waals surface area contributed by atoms with E-state index in [1.54, 1.807) is 0 Å². The number of nitrogens with zero attached hydrogens (tertiary/aromatic N) is 2. The van der Waals surface area contributed by atoms with Crippen LogP contribution in [-0.2, 0) is 6.54 Å². The first-order valence-electron chi connectivity index (χ1n) is 7.53. The summed E-state index contributed by atoms with van der Waals surface area (Å²) in [6.45, 7) is 15.1. The second kappa shape index (κ2) is 8.16. The Hall–Kier alpha value is -1.09. The molecule has 1 unspecified atom stereocenters. The SMILES string of the molecule is CCNCc1cnc(N(CC)CC(C)CC)c(C)c1. The van der Waals surface area contributed by atoms with Gasteiger partial charge in [-0.05, 0) is 43.5 Å². The minimum absolute atomic E-state index is 0.711. The van der Waals surface area contributed by atoms with Crippen LogP contribution in [0.2, 0.25) is 0 Å². The molecule has 1 aromatic heterocycles. The van der Waals surface area contributed by atoms with Gasteiger partial charge in [-0.25, -0.2) is 4.98 Å². The van der Waals surface area contributed by atoms with Crippen molar-refractivity contribution in [3.63, 3.8) is 0 Å². The molecule has 1 rings (SSSR count). The summed E-state index contributed by atoms with van der Waals surface area (Å²) < 4.78 is 0. The fourth-order valence-electron chi connectivity index (χ4n) is 2.19. The van der Waals surface area contributed by atoms with Crippen LogP contribution in [0.25, 0.3) is 0 Å². The van der Waals surface area contributed by atoms with Crippen molar-refractivity contribution in [2.45, 2.75) is 47.6 Å². The van der Waals surface area contributed by atoms with Crippen LogP contribution in [-0.4, -0.2) is 24.6 Å². The van der Waals surface area contributed by atoms with Crippen molar-refractivity contribution in [1.82, 2.24) is 10.3 Å². The fourth-order valence-corrected chi connectivity index (χ4v) is 2.19. The average Bonchev–Trinajstić information content (AvgIpc) is 2.42. The van der Waals surface area contributed by atoms with Crippen molar-refractivity contribution in [1.29, 1.82) is 0 Å². The monoisotopic (exact) mass is 263 g/mol. The third-order valence-corrected chi connectivity index (χ3v) is 3.60. The fraction of sp³-hybridized carbons (Fsp3) is 0.688. The lowest BCUT2D eigenvalue weighted by atomic mass is 10.1. The number of aryl methyl sites for hydroxylation is 1. The molecule has 108 valence electrons. The van der Waals surface area contributed by atoms with Gasteiger partial charge in [-0.15, -0.1) is 0 Å². The van der Waals surface area contributed by atoms with Gasteiger partial charge >= 0.3 is 0 Å². The summed E-state index contributed by atoms with van der Waals surface area (Å²) in [6.07, 6.45) is 3.22. The van der Waals surface area contributed by atoms with Crippen molar-refractivity contribution < 1.29 is 0 Å². The van der Waals surface area contributed by atoms with Crippen molar-refractivity contribution in [2.75, 3.05) is 24.5 Å². The Balaban J connectivity index is 2.80. The molecule has 0 fully saturated rings. The van der Waals surface area contributed by atoms with Crippen molar-refractivity contribution >= 4 is 5.82 Å². The lowest BCUT2D eigenvalue weighted by molar-refractivity contribution is 0.545. The number of rotatable bonds is 8. The molecule has 3 heteroatoms. The predicted octanol–water partition coefficient (Wildman–Crippen LogP) is 3.37. The van der Waals surface area contributed by atoms with Crippen LogP contribution in [0.1, 0.15) is 45.2 Å². The van der Waals surface area contributed by atoms with Gasteiger partial charge in [0.2, 0.25) is 0 Å². The van der Waals surface area contributed by atoms with Crippen LogP contribution in [0.15, 0.2) is 12.3 Å². The van der Waals surface area contributed by atoms with Gasteiger partial charge in [0.1, 0.15) is 5.82 Å². The highest BCUT2D eigenvalue weighted by atomic mass is 15.2. The summed E-state index contributed by atoms with van der Waals surface area (Å²) in [4.78, 5) is 7.06. The van der Waals surface area contributed by atoms with Crippen LogP contribution in [0.5, 0.6) is 0 Å². The number of nitrogens with one attached hydrogen (secondary N) is 1. The Labute approximate surface area is 118 Å². The van der Waals surface area contributed by atoms with Gasteiger partial charge in [-0.3, -0.25) is 0 Å². The molecule has 0 aliphatic rings. The van der Waals surface area contributed by atoms with Gasteiger partial charge in [0.15, 0.2) is 0 Å². The summed E-state index contributed by atoms with van der Waals surface area (Å²) in [5.74, 6) is 1.85. The second-order valence-electron chi connectivity index (χ2n) is 5.32.